The van der Waals surface area contributed by atoms with Crippen LogP contribution in [-0.2, 0) is 0 Å². The molecule has 0 radical (unpaired) electrons. The van der Waals surface area contributed by atoms with Gasteiger partial charge in [0.15, 0.2) is 0 Å². The molecule has 1 heterocycles. The molecule has 4 heteroatoms. The van der Waals surface area contributed by atoms with Crippen LogP contribution in [0.2, 0.25) is 0 Å². The van der Waals surface area contributed by atoms with E-state index >= 15 is 0 Å². The van der Waals surface area contributed by atoms with E-state index in [9.17, 15) is 4.39 Å². The fourth-order valence-electron chi connectivity index (χ4n) is 2.46. The Morgan fingerprint density at radius 2 is 2.00 bits per heavy atom. The first-order chi connectivity index (χ1) is 10.2. The summed E-state index contributed by atoms with van der Waals surface area (Å²) in [7, 11) is 1.50. The zero-order chi connectivity index (χ0) is 14.8. The summed E-state index contributed by atoms with van der Waals surface area (Å²) < 4.78 is 19.2. The Bertz CT molecular complexity index is 783. The van der Waals surface area contributed by atoms with Gasteiger partial charge in [0, 0.05) is 29.4 Å². The summed E-state index contributed by atoms with van der Waals surface area (Å²) >= 11 is 0. The molecule has 1 unspecified atom stereocenters. The van der Waals surface area contributed by atoms with Crippen LogP contribution in [0.1, 0.15) is 17.2 Å². The van der Waals surface area contributed by atoms with Crippen molar-refractivity contribution in [3.05, 3.63) is 71.8 Å². The molecule has 0 saturated heterocycles. The van der Waals surface area contributed by atoms with Crippen LogP contribution >= 0.6 is 0 Å². The number of hydrogen-bond donors (Lipinski definition) is 1. The molecule has 0 bridgehead atoms. The first kappa shape index (κ1) is 13.5. The molecule has 0 fully saturated rings. The maximum absolute atomic E-state index is 14.2. The third-order valence-electron chi connectivity index (χ3n) is 3.60. The van der Waals surface area contributed by atoms with Crippen molar-refractivity contribution in [3.63, 3.8) is 0 Å². The summed E-state index contributed by atoms with van der Waals surface area (Å²) in [4.78, 5) is 4.13. The van der Waals surface area contributed by atoms with E-state index in [4.69, 9.17) is 10.5 Å². The predicted molar refractivity (Wildman–Crippen MR) is 80.7 cm³/mol. The van der Waals surface area contributed by atoms with E-state index in [2.05, 4.69) is 4.98 Å². The molecule has 3 nitrogen and oxygen atoms in total. The molecule has 0 spiro atoms. The number of fused-ring (bicyclic) bond motifs is 1. The average Bonchev–Trinajstić information content (AvgIpc) is 2.53. The highest BCUT2D eigenvalue weighted by molar-refractivity contribution is 5.85. The van der Waals surface area contributed by atoms with Gasteiger partial charge in [-0.15, -0.1) is 0 Å². The molecule has 0 aliphatic rings. The number of halogens is 1. The average molecular weight is 282 g/mol. The highest BCUT2D eigenvalue weighted by Gasteiger charge is 2.16. The first-order valence-corrected chi connectivity index (χ1v) is 6.62. The molecular weight excluding hydrogens is 267 g/mol. The Morgan fingerprint density at radius 3 is 2.76 bits per heavy atom. The van der Waals surface area contributed by atoms with Crippen molar-refractivity contribution in [1.82, 2.24) is 4.98 Å². The third-order valence-corrected chi connectivity index (χ3v) is 3.60. The Balaban J connectivity index is 2.10. The second kappa shape index (κ2) is 5.50. The number of rotatable bonds is 3. The lowest BCUT2D eigenvalue weighted by Crippen LogP contribution is -2.14. The standard InChI is InChI=1S/C17H15FN2O/c1-21-12-5-6-14(16(18)9-12)17(19)13-4-2-3-11-7-8-20-10-15(11)13/h2-10,17H,19H2,1H3. The number of aromatic nitrogens is 1. The predicted octanol–water partition coefficient (Wildman–Crippen LogP) is 3.43. The summed E-state index contributed by atoms with van der Waals surface area (Å²) in [5, 5.41) is 1.97. The molecule has 0 saturated carbocycles. The van der Waals surface area contributed by atoms with Crippen LogP contribution in [0.4, 0.5) is 4.39 Å². The molecule has 1 atom stereocenters. The quantitative estimate of drug-likeness (QED) is 0.800. The molecular formula is C17H15FN2O. The summed E-state index contributed by atoms with van der Waals surface area (Å²) in [6.07, 6.45) is 3.48. The zero-order valence-corrected chi connectivity index (χ0v) is 11.6. The van der Waals surface area contributed by atoms with Crippen molar-refractivity contribution in [1.29, 1.82) is 0 Å². The van der Waals surface area contributed by atoms with Gasteiger partial charge in [0.1, 0.15) is 11.6 Å². The second-order valence-electron chi connectivity index (χ2n) is 4.81. The molecule has 1 aromatic heterocycles. The van der Waals surface area contributed by atoms with E-state index in [-0.39, 0.29) is 5.82 Å². The number of ether oxygens (including phenoxy) is 1. The Labute approximate surface area is 122 Å². The Kier molecular flexibility index (Phi) is 3.54. The number of nitrogens with zero attached hydrogens (tertiary/aromatic N) is 1. The van der Waals surface area contributed by atoms with Crippen LogP contribution in [0.3, 0.4) is 0 Å². The lowest BCUT2D eigenvalue weighted by atomic mass is 9.95. The number of nitrogens with two attached hydrogens (primary N) is 1. The normalized spacial score (nSPS) is 12.3. The molecule has 106 valence electrons. The highest BCUT2D eigenvalue weighted by Crippen LogP contribution is 2.29. The molecule has 0 aliphatic carbocycles. The van der Waals surface area contributed by atoms with Gasteiger partial charge >= 0.3 is 0 Å². The van der Waals surface area contributed by atoms with Gasteiger partial charge in [-0.2, -0.15) is 0 Å². The minimum Gasteiger partial charge on any atom is -0.497 e. The lowest BCUT2D eigenvalue weighted by molar-refractivity contribution is 0.410. The SMILES string of the molecule is COc1ccc(C(N)c2cccc3ccncc23)c(F)c1. The molecule has 0 aliphatic heterocycles. The van der Waals surface area contributed by atoms with Gasteiger partial charge in [0.05, 0.1) is 13.2 Å². The largest absolute Gasteiger partial charge is 0.497 e. The van der Waals surface area contributed by atoms with Gasteiger partial charge in [-0.1, -0.05) is 24.3 Å². The molecule has 0 amide bonds. The summed E-state index contributed by atoms with van der Waals surface area (Å²) in [6.45, 7) is 0. The maximum Gasteiger partial charge on any atom is 0.132 e. The van der Waals surface area contributed by atoms with Gasteiger partial charge in [0.25, 0.3) is 0 Å². The molecule has 2 aromatic carbocycles. The topological polar surface area (TPSA) is 48.1 Å². The van der Waals surface area contributed by atoms with Gasteiger partial charge in [-0.3, -0.25) is 4.98 Å². The lowest BCUT2D eigenvalue weighted by Gasteiger charge is -2.16. The highest BCUT2D eigenvalue weighted by atomic mass is 19.1. The van der Waals surface area contributed by atoms with Crippen molar-refractivity contribution >= 4 is 10.8 Å². The van der Waals surface area contributed by atoms with Crippen LogP contribution < -0.4 is 10.5 Å². The Morgan fingerprint density at radius 1 is 1.14 bits per heavy atom. The number of hydrogen-bond acceptors (Lipinski definition) is 3. The van der Waals surface area contributed by atoms with E-state index in [1.165, 1.54) is 13.2 Å². The molecule has 3 aromatic rings. The van der Waals surface area contributed by atoms with Gasteiger partial charge in [0.2, 0.25) is 0 Å². The van der Waals surface area contributed by atoms with E-state index in [0.717, 1.165) is 16.3 Å². The van der Waals surface area contributed by atoms with Crippen LogP contribution in [0, 0.1) is 5.82 Å². The summed E-state index contributed by atoms with van der Waals surface area (Å²) in [6, 6.07) is 11.9. The molecule has 3 rings (SSSR count). The minimum atomic E-state index is -0.552. The third kappa shape index (κ3) is 2.45. The minimum absolute atomic E-state index is 0.372. The van der Waals surface area contributed by atoms with Crippen molar-refractivity contribution in [2.24, 2.45) is 5.73 Å². The van der Waals surface area contributed by atoms with Crippen LogP contribution in [0.15, 0.2) is 54.9 Å². The number of benzene rings is 2. The number of pyridine rings is 1. The fourth-order valence-corrected chi connectivity index (χ4v) is 2.46. The maximum atomic E-state index is 14.2. The van der Waals surface area contributed by atoms with Crippen LogP contribution in [0.25, 0.3) is 10.8 Å². The van der Waals surface area contributed by atoms with E-state index < -0.39 is 6.04 Å². The van der Waals surface area contributed by atoms with E-state index in [0.29, 0.717) is 11.3 Å². The first-order valence-electron chi connectivity index (χ1n) is 6.62. The summed E-state index contributed by atoms with van der Waals surface area (Å²) in [5.74, 6) is 0.103. The second-order valence-corrected chi connectivity index (χ2v) is 4.81. The molecule has 2 N–H and O–H groups in total. The van der Waals surface area contributed by atoms with Crippen molar-refractivity contribution in [2.45, 2.75) is 6.04 Å². The Hall–Kier alpha value is -2.46. The fraction of sp³-hybridized carbons (Fsp3) is 0.118. The van der Waals surface area contributed by atoms with E-state index in [1.807, 2.05) is 24.3 Å². The van der Waals surface area contributed by atoms with Gasteiger partial charge in [-0.05, 0) is 23.1 Å². The van der Waals surface area contributed by atoms with Gasteiger partial charge in [-0.25, -0.2) is 4.39 Å². The smallest absolute Gasteiger partial charge is 0.132 e. The van der Waals surface area contributed by atoms with Crippen LogP contribution in [0.5, 0.6) is 5.75 Å². The molecule has 21 heavy (non-hydrogen) atoms. The zero-order valence-electron chi connectivity index (χ0n) is 11.6. The van der Waals surface area contributed by atoms with Crippen molar-refractivity contribution < 1.29 is 9.13 Å². The van der Waals surface area contributed by atoms with Crippen molar-refractivity contribution in [3.8, 4) is 5.75 Å². The monoisotopic (exact) mass is 282 g/mol. The van der Waals surface area contributed by atoms with Gasteiger partial charge < -0.3 is 10.5 Å². The van der Waals surface area contributed by atoms with Crippen LogP contribution in [-0.4, -0.2) is 12.1 Å². The summed E-state index contributed by atoms with van der Waals surface area (Å²) in [5.41, 5.74) is 7.55. The van der Waals surface area contributed by atoms with E-state index in [1.54, 1.807) is 24.5 Å². The van der Waals surface area contributed by atoms with Crippen molar-refractivity contribution in [2.75, 3.05) is 7.11 Å². The number of methoxy groups -OCH3 is 1.